The topological polar surface area (TPSA) is 29.3 Å². The maximum absolute atomic E-state index is 5.99. The molecular weight excluding hydrogens is 272 g/mol. The third-order valence-electron chi connectivity index (χ3n) is 3.40. The number of aryl methyl sites for hydroxylation is 1. The van der Waals surface area contributed by atoms with Crippen molar-refractivity contribution in [3.8, 4) is 0 Å². The van der Waals surface area contributed by atoms with Gasteiger partial charge in [0, 0.05) is 30.7 Å². The van der Waals surface area contributed by atoms with Crippen molar-refractivity contribution in [1.82, 2.24) is 4.98 Å². The molecule has 0 fully saturated rings. The van der Waals surface area contributed by atoms with Crippen LogP contribution >= 0.6 is 11.6 Å². The van der Waals surface area contributed by atoms with Crippen molar-refractivity contribution in [2.75, 3.05) is 11.9 Å². The summed E-state index contributed by atoms with van der Waals surface area (Å²) in [5.74, 6) is 2.80. The molecule has 2 aromatic heterocycles. The number of alkyl halides is 1. The van der Waals surface area contributed by atoms with E-state index >= 15 is 0 Å². The van der Waals surface area contributed by atoms with Gasteiger partial charge in [-0.15, -0.1) is 11.6 Å². The SMILES string of the molecule is Cc1occc1CN(C)c1cc(CCl)cc(C(C)C)n1. The Labute approximate surface area is 125 Å². The number of anilines is 1. The zero-order valence-corrected chi connectivity index (χ0v) is 13.2. The molecule has 0 aliphatic heterocycles. The van der Waals surface area contributed by atoms with Crippen LogP contribution in [0.4, 0.5) is 5.82 Å². The van der Waals surface area contributed by atoms with Crippen LogP contribution in [0.3, 0.4) is 0 Å². The standard InChI is InChI=1S/C16H21ClN2O/c1-11(2)15-7-13(9-17)8-16(18-15)19(4)10-14-5-6-20-12(14)3/h5-8,11H,9-10H2,1-4H3. The van der Waals surface area contributed by atoms with Gasteiger partial charge in [0.05, 0.1) is 6.26 Å². The summed E-state index contributed by atoms with van der Waals surface area (Å²) in [5, 5.41) is 0. The Morgan fingerprint density at radius 1 is 1.35 bits per heavy atom. The van der Waals surface area contributed by atoms with Crippen LogP contribution in [-0.2, 0) is 12.4 Å². The average Bonchev–Trinajstić information content (AvgIpc) is 2.83. The van der Waals surface area contributed by atoms with Crippen LogP contribution in [0, 0.1) is 6.92 Å². The summed E-state index contributed by atoms with van der Waals surface area (Å²) in [5.41, 5.74) is 3.36. The van der Waals surface area contributed by atoms with Crippen molar-refractivity contribution < 1.29 is 4.42 Å². The largest absolute Gasteiger partial charge is 0.469 e. The molecule has 0 spiro atoms. The van der Waals surface area contributed by atoms with Gasteiger partial charge in [0.1, 0.15) is 11.6 Å². The van der Waals surface area contributed by atoms with Gasteiger partial charge in [-0.05, 0) is 36.6 Å². The molecule has 0 bridgehead atoms. The predicted octanol–water partition coefficient (Wildman–Crippen LogP) is 4.48. The van der Waals surface area contributed by atoms with Gasteiger partial charge in [0.15, 0.2) is 0 Å². The van der Waals surface area contributed by atoms with Gasteiger partial charge >= 0.3 is 0 Å². The van der Waals surface area contributed by atoms with E-state index in [0.717, 1.165) is 29.4 Å². The Morgan fingerprint density at radius 3 is 2.65 bits per heavy atom. The fourth-order valence-corrected chi connectivity index (χ4v) is 2.23. The van der Waals surface area contributed by atoms with Gasteiger partial charge in [0.2, 0.25) is 0 Å². The first kappa shape index (κ1) is 14.9. The number of pyridine rings is 1. The average molecular weight is 293 g/mol. The first-order chi connectivity index (χ1) is 9.51. The molecule has 0 atom stereocenters. The van der Waals surface area contributed by atoms with Crippen LogP contribution in [0.25, 0.3) is 0 Å². The molecule has 0 amide bonds. The number of hydrogen-bond donors (Lipinski definition) is 0. The highest BCUT2D eigenvalue weighted by molar-refractivity contribution is 6.17. The summed E-state index contributed by atoms with van der Waals surface area (Å²) in [6.07, 6.45) is 1.72. The van der Waals surface area contributed by atoms with Crippen molar-refractivity contribution >= 4 is 17.4 Å². The number of halogens is 1. The Morgan fingerprint density at radius 2 is 2.10 bits per heavy atom. The van der Waals surface area contributed by atoms with E-state index < -0.39 is 0 Å². The van der Waals surface area contributed by atoms with E-state index in [1.807, 2.05) is 26.1 Å². The second kappa shape index (κ2) is 6.31. The molecule has 0 radical (unpaired) electrons. The highest BCUT2D eigenvalue weighted by atomic mass is 35.5. The molecule has 0 saturated carbocycles. The Balaban J connectivity index is 2.26. The number of nitrogens with zero attached hydrogens (tertiary/aromatic N) is 2. The third kappa shape index (κ3) is 3.34. The van der Waals surface area contributed by atoms with Crippen LogP contribution in [0.15, 0.2) is 28.9 Å². The summed E-state index contributed by atoms with van der Waals surface area (Å²) in [4.78, 5) is 6.85. The zero-order valence-electron chi connectivity index (χ0n) is 12.5. The molecule has 0 N–H and O–H groups in total. The molecule has 0 unspecified atom stereocenters. The van der Waals surface area contributed by atoms with Gasteiger partial charge in [-0.25, -0.2) is 4.98 Å². The maximum atomic E-state index is 5.99. The molecule has 0 aliphatic carbocycles. The Hall–Kier alpha value is -1.48. The second-order valence-corrected chi connectivity index (χ2v) is 5.67. The summed E-state index contributed by atoms with van der Waals surface area (Å²) in [7, 11) is 2.04. The van der Waals surface area contributed by atoms with Gasteiger partial charge < -0.3 is 9.32 Å². The van der Waals surface area contributed by atoms with Gasteiger partial charge in [-0.3, -0.25) is 0 Å². The smallest absolute Gasteiger partial charge is 0.129 e. The molecule has 108 valence electrons. The normalized spacial score (nSPS) is 11.1. The van der Waals surface area contributed by atoms with Crippen LogP contribution < -0.4 is 4.90 Å². The van der Waals surface area contributed by atoms with Crippen LogP contribution in [0.1, 0.15) is 42.3 Å². The summed E-state index contributed by atoms with van der Waals surface area (Å²) in [6.45, 7) is 7.04. The molecule has 0 aliphatic rings. The van der Waals surface area contributed by atoms with E-state index in [4.69, 9.17) is 21.0 Å². The number of rotatable bonds is 5. The summed E-state index contributed by atoms with van der Waals surface area (Å²) >= 11 is 5.99. The minimum atomic E-state index is 0.390. The van der Waals surface area contributed by atoms with E-state index in [1.165, 1.54) is 5.56 Å². The van der Waals surface area contributed by atoms with E-state index in [2.05, 4.69) is 24.8 Å². The second-order valence-electron chi connectivity index (χ2n) is 5.40. The highest BCUT2D eigenvalue weighted by Gasteiger charge is 2.11. The molecule has 4 heteroatoms. The maximum Gasteiger partial charge on any atom is 0.129 e. The Bertz CT molecular complexity index is 578. The Kier molecular flexibility index (Phi) is 4.71. The van der Waals surface area contributed by atoms with Crippen LogP contribution in [0.2, 0.25) is 0 Å². The number of hydrogen-bond acceptors (Lipinski definition) is 3. The van der Waals surface area contributed by atoms with Gasteiger partial charge in [-0.2, -0.15) is 0 Å². The van der Waals surface area contributed by atoms with Crippen molar-refractivity contribution in [3.05, 3.63) is 47.0 Å². The lowest BCUT2D eigenvalue weighted by molar-refractivity contribution is 0.529. The molecule has 0 aromatic carbocycles. The van der Waals surface area contributed by atoms with E-state index in [1.54, 1.807) is 6.26 Å². The summed E-state index contributed by atoms with van der Waals surface area (Å²) in [6, 6.07) is 6.13. The highest BCUT2D eigenvalue weighted by Crippen LogP contribution is 2.22. The van der Waals surface area contributed by atoms with Crippen LogP contribution in [0.5, 0.6) is 0 Å². The molecule has 2 aromatic rings. The minimum Gasteiger partial charge on any atom is -0.469 e. The fraction of sp³-hybridized carbons (Fsp3) is 0.438. The van der Waals surface area contributed by atoms with Crippen molar-refractivity contribution in [2.45, 2.75) is 39.1 Å². The first-order valence-corrected chi connectivity index (χ1v) is 7.35. The molecule has 0 saturated heterocycles. The van der Waals surface area contributed by atoms with Crippen LogP contribution in [-0.4, -0.2) is 12.0 Å². The van der Waals surface area contributed by atoms with Crippen molar-refractivity contribution in [1.29, 1.82) is 0 Å². The molecule has 2 rings (SSSR count). The molecule has 3 nitrogen and oxygen atoms in total. The van der Waals surface area contributed by atoms with E-state index in [9.17, 15) is 0 Å². The zero-order chi connectivity index (χ0) is 14.7. The fourth-order valence-electron chi connectivity index (χ4n) is 2.07. The molecule has 20 heavy (non-hydrogen) atoms. The van der Waals surface area contributed by atoms with E-state index in [-0.39, 0.29) is 0 Å². The lowest BCUT2D eigenvalue weighted by Gasteiger charge is -2.20. The lowest BCUT2D eigenvalue weighted by Crippen LogP contribution is -2.18. The number of furan rings is 1. The van der Waals surface area contributed by atoms with Gasteiger partial charge in [0.25, 0.3) is 0 Å². The van der Waals surface area contributed by atoms with Gasteiger partial charge in [-0.1, -0.05) is 13.8 Å². The van der Waals surface area contributed by atoms with Crippen molar-refractivity contribution in [2.24, 2.45) is 0 Å². The lowest BCUT2D eigenvalue weighted by atomic mass is 10.1. The summed E-state index contributed by atoms with van der Waals surface area (Å²) < 4.78 is 5.34. The van der Waals surface area contributed by atoms with Crippen molar-refractivity contribution in [3.63, 3.8) is 0 Å². The first-order valence-electron chi connectivity index (χ1n) is 6.82. The predicted molar refractivity (Wildman–Crippen MR) is 83.4 cm³/mol. The number of aromatic nitrogens is 1. The quantitative estimate of drug-likeness (QED) is 0.761. The minimum absolute atomic E-state index is 0.390. The third-order valence-corrected chi connectivity index (χ3v) is 3.71. The molecular formula is C16H21ClN2O. The monoisotopic (exact) mass is 292 g/mol. The van der Waals surface area contributed by atoms with E-state index in [0.29, 0.717) is 11.8 Å². The molecule has 2 heterocycles.